The van der Waals surface area contributed by atoms with Gasteiger partial charge in [0.25, 0.3) is 5.91 Å². The van der Waals surface area contributed by atoms with Gasteiger partial charge in [0.2, 0.25) is 0 Å². The van der Waals surface area contributed by atoms with E-state index in [1.54, 1.807) is 12.1 Å². The molecule has 3 rings (SSSR count). The van der Waals surface area contributed by atoms with Gasteiger partial charge in [-0.1, -0.05) is 11.6 Å². The molecule has 0 spiro atoms. The number of nitrogens with one attached hydrogen (secondary N) is 1. The number of benzene rings is 1. The van der Waals surface area contributed by atoms with Crippen LogP contribution in [0.15, 0.2) is 23.6 Å². The fraction of sp³-hybridized carbons (Fsp3) is 0. The first kappa shape index (κ1) is 13.2. The summed E-state index contributed by atoms with van der Waals surface area (Å²) in [5.41, 5.74) is 2.48. The molecule has 0 saturated carbocycles. The smallest absolute Gasteiger partial charge is 0.256 e. The molecule has 3 aromatic rings. The van der Waals surface area contributed by atoms with Crippen molar-refractivity contribution in [3.63, 3.8) is 0 Å². The van der Waals surface area contributed by atoms with E-state index in [0.717, 1.165) is 20.1 Å². The average Bonchev–Trinajstić information content (AvgIpc) is 3.01. The zero-order valence-corrected chi connectivity index (χ0v) is 13.7. The summed E-state index contributed by atoms with van der Waals surface area (Å²) in [7, 11) is 0. The number of hydrogen-bond donors (Lipinski definition) is 1. The molecule has 1 amide bonds. The van der Waals surface area contributed by atoms with E-state index in [9.17, 15) is 4.79 Å². The van der Waals surface area contributed by atoms with Crippen LogP contribution in [-0.2, 0) is 0 Å². The predicted octanol–water partition coefficient (Wildman–Crippen LogP) is 4.26. The minimum Gasteiger partial charge on any atom is -0.319 e. The lowest BCUT2D eigenvalue weighted by Crippen LogP contribution is -2.11. The topological polar surface area (TPSA) is 54.9 Å². The highest BCUT2D eigenvalue weighted by Crippen LogP contribution is 2.30. The zero-order chi connectivity index (χ0) is 13.4. The molecule has 4 nitrogen and oxygen atoms in total. The number of carbonyl (C=O) groups excluding carboxylic acids is 1. The summed E-state index contributed by atoms with van der Waals surface area (Å²) in [6, 6.07) is 5.32. The number of rotatable bonds is 2. The maximum atomic E-state index is 12.1. The fourth-order valence-electron chi connectivity index (χ4n) is 1.56. The van der Waals surface area contributed by atoms with E-state index in [0.29, 0.717) is 21.8 Å². The maximum Gasteiger partial charge on any atom is 0.256 e. The van der Waals surface area contributed by atoms with E-state index in [1.807, 2.05) is 11.4 Å². The highest BCUT2D eigenvalue weighted by Gasteiger charge is 2.14. The number of thiophene rings is 1. The molecule has 0 aliphatic heterocycles. The monoisotopic (exact) mass is 421 g/mol. The van der Waals surface area contributed by atoms with Gasteiger partial charge in [0.1, 0.15) is 11.0 Å². The molecule has 19 heavy (non-hydrogen) atoms. The van der Waals surface area contributed by atoms with Crippen LogP contribution in [0.4, 0.5) is 5.69 Å². The highest BCUT2D eigenvalue weighted by molar-refractivity contribution is 14.1. The molecule has 1 aromatic carbocycles. The van der Waals surface area contributed by atoms with Crippen molar-refractivity contribution in [2.45, 2.75) is 0 Å². The molecule has 0 bridgehead atoms. The molecule has 0 fully saturated rings. The Hall–Kier alpha value is -0.770. The number of carbonyl (C=O) groups is 1. The van der Waals surface area contributed by atoms with E-state index >= 15 is 0 Å². The summed E-state index contributed by atoms with van der Waals surface area (Å²) < 4.78 is 9.35. The number of aromatic nitrogens is 2. The van der Waals surface area contributed by atoms with Crippen molar-refractivity contribution in [1.29, 1.82) is 0 Å². The average molecular weight is 422 g/mol. The summed E-state index contributed by atoms with van der Waals surface area (Å²) in [4.78, 5) is 12.1. The maximum absolute atomic E-state index is 12.1. The molecule has 8 heteroatoms. The third-order valence-corrected chi connectivity index (χ3v) is 5.09. The summed E-state index contributed by atoms with van der Waals surface area (Å²) in [5, 5.41) is 5.07. The molecule has 2 heterocycles. The molecule has 0 aliphatic rings. The Kier molecular flexibility index (Phi) is 3.70. The Morgan fingerprint density at radius 2 is 2.21 bits per heavy atom. The Morgan fingerprint density at radius 1 is 1.37 bits per heavy atom. The van der Waals surface area contributed by atoms with Gasteiger partial charge in [0, 0.05) is 5.38 Å². The molecule has 2 aromatic heterocycles. The second-order valence-electron chi connectivity index (χ2n) is 3.65. The normalized spacial score (nSPS) is 10.8. The van der Waals surface area contributed by atoms with Crippen molar-refractivity contribution in [3.8, 4) is 0 Å². The van der Waals surface area contributed by atoms with Crippen molar-refractivity contribution in [2.24, 2.45) is 0 Å². The first-order valence-electron chi connectivity index (χ1n) is 5.11. The van der Waals surface area contributed by atoms with Crippen molar-refractivity contribution in [2.75, 3.05) is 5.32 Å². The second-order valence-corrected chi connectivity index (χ2v) is 7.39. The Balaban J connectivity index is 1.99. The van der Waals surface area contributed by atoms with E-state index in [4.69, 9.17) is 11.6 Å². The lowest BCUT2D eigenvalue weighted by molar-refractivity contribution is 0.102. The second kappa shape index (κ2) is 5.31. The van der Waals surface area contributed by atoms with Gasteiger partial charge in [-0.15, -0.1) is 11.3 Å². The number of anilines is 1. The Labute approximate surface area is 135 Å². The first-order valence-corrected chi connectivity index (χ1v) is 8.18. The van der Waals surface area contributed by atoms with E-state index in [2.05, 4.69) is 36.7 Å². The van der Waals surface area contributed by atoms with Crippen LogP contribution in [0.5, 0.6) is 0 Å². The minimum absolute atomic E-state index is 0.193. The van der Waals surface area contributed by atoms with Crippen LogP contribution in [0.1, 0.15) is 10.4 Å². The van der Waals surface area contributed by atoms with Gasteiger partial charge in [-0.2, -0.15) is 8.75 Å². The van der Waals surface area contributed by atoms with Gasteiger partial charge in [0.15, 0.2) is 0 Å². The van der Waals surface area contributed by atoms with Gasteiger partial charge >= 0.3 is 0 Å². The van der Waals surface area contributed by atoms with Crippen LogP contribution in [0.3, 0.4) is 0 Å². The number of nitrogens with zero attached hydrogens (tertiary/aromatic N) is 2. The van der Waals surface area contributed by atoms with Crippen LogP contribution >= 0.6 is 57.3 Å². The SMILES string of the molecule is O=C(Nc1c(Cl)ccc2nsnc12)c1csc(I)c1. The van der Waals surface area contributed by atoms with Gasteiger partial charge in [-0.25, -0.2) is 0 Å². The quantitative estimate of drug-likeness (QED) is 0.629. The zero-order valence-electron chi connectivity index (χ0n) is 9.18. The lowest BCUT2D eigenvalue weighted by Gasteiger charge is -2.06. The van der Waals surface area contributed by atoms with Crippen LogP contribution in [0.25, 0.3) is 11.0 Å². The summed E-state index contributed by atoms with van der Waals surface area (Å²) in [6.07, 6.45) is 0. The van der Waals surface area contributed by atoms with Gasteiger partial charge < -0.3 is 5.32 Å². The Bertz CT molecular complexity index is 770. The molecule has 0 saturated heterocycles. The van der Waals surface area contributed by atoms with Gasteiger partial charge in [-0.05, 0) is 40.8 Å². The molecule has 0 atom stereocenters. The molecule has 0 aliphatic carbocycles. The number of hydrogen-bond acceptors (Lipinski definition) is 5. The van der Waals surface area contributed by atoms with Gasteiger partial charge in [-0.3, -0.25) is 4.79 Å². The van der Waals surface area contributed by atoms with Gasteiger partial charge in [0.05, 0.1) is 30.9 Å². The molecular formula is C11H5ClIN3OS2. The van der Waals surface area contributed by atoms with Crippen LogP contribution in [-0.4, -0.2) is 14.7 Å². The molecule has 96 valence electrons. The largest absolute Gasteiger partial charge is 0.319 e. The summed E-state index contributed by atoms with van der Waals surface area (Å²) in [5.74, 6) is -0.193. The highest BCUT2D eigenvalue weighted by atomic mass is 127. The van der Waals surface area contributed by atoms with Crippen molar-refractivity contribution in [3.05, 3.63) is 37.0 Å². The molecular weight excluding hydrogens is 417 g/mol. The summed E-state index contributed by atoms with van der Waals surface area (Å²) in [6.45, 7) is 0. The number of amides is 1. The fourth-order valence-corrected chi connectivity index (χ4v) is 3.63. The van der Waals surface area contributed by atoms with Crippen molar-refractivity contribution >= 4 is 79.9 Å². The lowest BCUT2D eigenvalue weighted by atomic mass is 10.2. The van der Waals surface area contributed by atoms with Crippen LogP contribution < -0.4 is 5.32 Å². The third kappa shape index (κ3) is 2.60. The summed E-state index contributed by atoms with van der Waals surface area (Å²) >= 11 is 10.9. The third-order valence-electron chi connectivity index (χ3n) is 2.45. The molecule has 1 N–H and O–H groups in total. The predicted molar refractivity (Wildman–Crippen MR) is 87.4 cm³/mol. The van der Waals surface area contributed by atoms with E-state index in [-0.39, 0.29) is 5.91 Å². The number of halogens is 2. The van der Waals surface area contributed by atoms with Crippen molar-refractivity contribution in [1.82, 2.24) is 8.75 Å². The van der Waals surface area contributed by atoms with Crippen molar-refractivity contribution < 1.29 is 4.79 Å². The van der Waals surface area contributed by atoms with E-state index < -0.39 is 0 Å². The van der Waals surface area contributed by atoms with Crippen LogP contribution in [0, 0.1) is 2.88 Å². The molecule has 0 radical (unpaired) electrons. The standard InChI is InChI=1S/C11H5ClIN3OS2/c12-6-1-2-7-10(16-19-15-7)9(6)14-11(17)5-3-8(13)18-4-5/h1-4H,(H,14,17). The van der Waals surface area contributed by atoms with E-state index in [1.165, 1.54) is 11.3 Å². The number of fused-ring (bicyclic) bond motifs is 1. The van der Waals surface area contributed by atoms with Crippen LogP contribution in [0.2, 0.25) is 5.02 Å². The Morgan fingerprint density at radius 3 is 2.95 bits per heavy atom. The molecule has 0 unspecified atom stereocenters. The first-order chi connectivity index (χ1) is 9.15. The minimum atomic E-state index is -0.193.